The number of aromatic amines is 1. The summed E-state index contributed by atoms with van der Waals surface area (Å²) in [7, 11) is 1.57. The van der Waals surface area contributed by atoms with Gasteiger partial charge < -0.3 is 9.72 Å². The molecule has 3 rings (SSSR count). The zero-order valence-electron chi connectivity index (χ0n) is 12.5. The minimum absolute atomic E-state index is 0.200. The zero-order chi connectivity index (χ0) is 16.4. The number of rotatable bonds is 5. The molecule has 0 aliphatic heterocycles. The van der Waals surface area contributed by atoms with Crippen LogP contribution in [0.25, 0.3) is 10.9 Å². The minimum Gasteiger partial charge on any atom is -0.496 e. The van der Waals surface area contributed by atoms with Crippen LogP contribution in [-0.4, -0.2) is 23.6 Å². The topological polar surface area (TPSA) is 68.2 Å². The van der Waals surface area contributed by atoms with E-state index < -0.39 is 5.92 Å². The van der Waals surface area contributed by atoms with Gasteiger partial charge in [-0.2, -0.15) is 0 Å². The maximum absolute atomic E-state index is 11.2. The Kier molecular flexibility index (Phi) is 4.34. The number of benzene rings is 2. The van der Waals surface area contributed by atoms with Crippen LogP contribution in [-0.2, 0) is 0 Å². The standard InChI is InChI=1S/C17H15BrN2O3/c1-23-17-7-6-11(18)8-13(17)15(10-20(21)22)14-9-19-16-5-3-2-4-12(14)16/h2-9,15,19H,10H2,1H3/t15-/m1/s1. The molecule has 1 heterocycles. The third-order valence-electron chi connectivity index (χ3n) is 3.90. The van der Waals surface area contributed by atoms with E-state index in [-0.39, 0.29) is 11.5 Å². The fourth-order valence-electron chi connectivity index (χ4n) is 2.87. The number of nitro groups is 1. The SMILES string of the molecule is COc1ccc(Br)cc1[C@@H](C[N+](=O)[O-])c1c[nH]c2ccccc12. The van der Waals surface area contributed by atoms with Crippen LogP contribution in [0.5, 0.6) is 5.75 Å². The Hall–Kier alpha value is -2.34. The van der Waals surface area contributed by atoms with Crippen LogP contribution in [0.15, 0.2) is 53.1 Å². The van der Waals surface area contributed by atoms with Crippen LogP contribution in [0.4, 0.5) is 0 Å². The van der Waals surface area contributed by atoms with Gasteiger partial charge in [0.15, 0.2) is 0 Å². The summed E-state index contributed by atoms with van der Waals surface area (Å²) in [5, 5.41) is 12.2. The molecule has 5 nitrogen and oxygen atoms in total. The summed E-state index contributed by atoms with van der Waals surface area (Å²) in [6.07, 6.45) is 1.85. The van der Waals surface area contributed by atoms with Crippen molar-refractivity contribution in [2.45, 2.75) is 5.92 Å². The van der Waals surface area contributed by atoms with Gasteiger partial charge in [-0.05, 0) is 29.8 Å². The van der Waals surface area contributed by atoms with Crippen molar-refractivity contribution < 1.29 is 9.66 Å². The molecule has 6 heteroatoms. The molecule has 0 spiro atoms. The molecule has 2 aromatic carbocycles. The van der Waals surface area contributed by atoms with Crippen molar-refractivity contribution in [2.75, 3.05) is 13.7 Å². The Morgan fingerprint density at radius 1 is 1.26 bits per heavy atom. The van der Waals surface area contributed by atoms with Crippen LogP contribution < -0.4 is 4.74 Å². The van der Waals surface area contributed by atoms with Gasteiger partial charge in [0, 0.05) is 32.1 Å². The Labute approximate surface area is 141 Å². The molecule has 0 aliphatic carbocycles. The van der Waals surface area contributed by atoms with Gasteiger partial charge >= 0.3 is 0 Å². The van der Waals surface area contributed by atoms with E-state index in [0.717, 1.165) is 26.5 Å². The Bertz CT molecular complexity index is 860. The smallest absolute Gasteiger partial charge is 0.214 e. The second-order valence-electron chi connectivity index (χ2n) is 5.24. The van der Waals surface area contributed by atoms with Gasteiger partial charge in [-0.25, -0.2) is 0 Å². The maximum Gasteiger partial charge on any atom is 0.214 e. The number of para-hydroxylation sites is 1. The number of H-pyrrole nitrogens is 1. The van der Waals surface area contributed by atoms with Crippen LogP contribution in [0.3, 0.4) is 0 Å². The van der Waals surface area contributed by atoms with Gasteiger partial charge in [-0.1, -0.05) is 34.1 Å². The van der Waals surface area contributed by atoms with E-state index in [0.29, 0.717) is 5.75 Å². The van der Waals surface area contributed by atoms with Gasteiger partial charge in [0.25, 0.3) is 0 Å². The highest BCUT2D eigenvalue weighted by Gasteiger charge is 2.26. The van der Waals surface area contributed by atoms with E-state index in [1.807, 2.05) is 48.7 Å². The molecule has 1 N–H and O–H groups in total. The largest absolute Gasteiger partial charge is 0.496 e. The van der Waals surface area contributed by atoms with E-state index in [2.05, 4.69) is 20.9 Å². The van der Waals surface area contributed by atoms with Crippen LogP contribution in [0.2, 0.25) is 0 Å². The third-order valence-corrected chi connectivity index (χ3v) is 4.39. The van der Waals surface area contributed by atoms with Gasteiger partial charge in [0.2, 0.25) is 6.54 Å². The number of nitrogens with one attached hydrogen (secondary N) is 1. The maximum atomic E-state index is 11.2. The molecule has 118 valence electrons. The van der Waals surface area contributed by atoms with Crippen LogP contribution in [0, 0.1) is 10.1 Å². The molecular weight excluding hydrogens is 360 g/mol. The lowest BCUT2D eigenvalue weighted by Gasteiger charge is -2.17. The Morgan fingerprint density at radius 2 is 2.04 bits per heavy atom. The molecule has 0 saturated carbocycles. The summed E-state index contributed by atoms with van der Waals surface area (Å²) in [6.45, 7) is -0.200. The molecule has 0 bridgehead atoms. The lowest BCUT2D eigenvalue weighted by atomic mass is 9.90. The van der Waals surface area contributed by atoms with Crippen LogP contribution in [0.1, 0.15) is 17.0 Å². The Morgan fingerprint density at radius 3 is 2.78 bits per heavy atom. The van der Waals surface area contributed by atoms with Crippen molar-refractivity contribution in [3.05, 3.63) is 74.4 Å². The number of aromatic nitrogens is 1. The molecular formula is C17H15BrN2O3. The van der Waals surface area contributed by atoms with Crippen molar-refractivity contribution in [3.8, 4) is 5.75 Å². The molecule has 0 amide bonds. The summed E-state index contributed by atoms with van der Waals surface area (Å²) in [5.74, 6) is 0.249. The fourth-order valence-corrected chi connectivity index (χ4v) is 3.25. The quantitative estimate of drug-likeness (QED) is 0.533. The highest BCUT2D eigenvalue weighted by molar-refractivity contribution is 9.10. The molecule has 3 aromatic rings. The number of methoxy groups -OCH3 is 1. The van der Waals surface area contributed by atoms with E-state index in [1.54, 1.807) is 7.11 Å². The number of ether oxygens (including phenoxy) is 1. The predicted molar refractivity (Wildman–Crippen MR) is 92.7 cm³/mol. The summed E-state index contributed by atoms with van der Waals surface area (Å²) >= 11 is 3.44. The summed E-state index contributed by atoms with van der Waals surface area (Å²) in [6, 6.07) is 13.4. The summed E-state index contributed by atoms with van der Waals surface area (Å²) < 4.78 is 6.28. The predicted octanol–water partition coefficient (Wildman–Crippen LogP) is 4.35. The molecule has 23 heavy (non-hydrogen) atoms. The van der Waals surface area contributed by atoms with E-state index in [9.17, 15) is 10.1 Å². The summed E-state index contributed by atoms with van der Waals surface area (Å²) in [4.78, 5) is 14.1. The number of halogens is 1. The normalized spacial score (nSPS) is 12.3. The zero-order valence-corrected chi connectivity index (χ0v) is 14.0. The van der Waals surface area contributed by atoms with E-state index in [4.69, 9.17) is 4.74 Å². The molecule has 0 fully saturated rings. The van der Waals surface area contributed by atoms with Gasteiger partial charge in [-0.15, -0.1) is 0 Å². The first-order chi connectivity index (χ1) is 11.1. The van der Waals surface area contributed by atoms with Crippen LogP contribution >= 0.6 is 15.9 Å². The molecule has 0 unspecified atom stereocenters. The molecule has 1 atom stereocenters. The summed E-state index contributed by atoms with van der Waals surface area (Å²) in [5.41, 5.74) is 2.65. The van der Waals surface area contributed by atoms with Crippen molar-refractivity contribution in [3.63, 3.8) is 0 Å². The Balaban J connectivity index is 2.19. The lowest BCUT2D eigenvalue weighted by molar-refractivity contribution is -0.481. The van der Waals surface area contributed by atoms with Crippen molar-refractivity contribution in [1.29, 1.82) is 0 Å². The fraction of sp³-hybridized carbons (Fsp3) is 0.176. The number of fused-ring (bicyclic) bond motifs is 1. The van der Waals surface area contributed by atoms with Crippen molar-refractivity contribution >= 4 is 26.8 Å². The third kappa shape index (κ3) is 3.07. The van der Waals surface area contributed by atoms with Gasteiger partial charge in [0.05, 0.1) is 13.0 Å². The average Bonchev–Trinajstić information content (AvgIpc) is 2.96. The highest BCUT2D eigenvalue weighted by atomic mass is 79.9. The van der Waals surface area contributed by atoms with Gasteiger partial charge in [-0.3, -0.25) is 10.1 Å². The molecule has 0 aliphatic rings. The first kappa shape index (κ1) is 15.6. The second-order valence-corrected chi connectivity index (χ2v) is 6.16. The monoisotopic (exact) mass is 374 g/mol. The molecule has 0 radical (unpaired) electrons. The first-order valence-corrected chi connectivity index (χ1v) is 7.90. The minimum atomic E-state index is -0.395. The second kappa shape index (κ2) is 6.42. The molecule has 1 aromatic heterocycles. The van der Waals surface area contributed by atoms with E-state index in [1.165, 1.54) is 0 Å². The number of hydrogen-bond donors (Lipinski definition) is 1. The molecule has 0 saturated heterocycles. The number of nitrogens with zero attached hydrogens (tertiary/aromatic N) is 1. The highest BCUT2D eigenvalue weighted by Crippen LogP contribution is 2.37. The average molecular weight is 375 g/mol. The van der Waals surface area contributed by atoms with E-state index >= 15 is 0 Å². The van der Waals surface area contributed by atoms with Crippen molar-refractivity contribution in [1.82, 2.24) is 4.98 Å². The number of hydrogen-bond acceptors (Lipinski definition) is 3. The lowest BCUT2D eigenvalue weighted by Crippen LogP contribution is -2.14. The first-order valence-electron chi connectivity index (χ1n) is 7.11. The van der Waals surface area contributed by atoms with Crippen molar-refractivity contribution in [2.24, 2.45) is 0 Å². The van der Waals surface area contributed by atoms with Gasteiger partial charge in [0.1, 0.15) is 5.75 Å².